The molecule has 1 aliphatic heterocycles. The van der Waals surface area contributed by atoms with Crippen LogP contribution in [0.5, 0.6) is 5.75 Å². The highest BCUT2D eigenvalue weighted by Crippen LogP contribution is 2.37. The molecule has 0 radical (unpaired) electrons. The number of alkyl halides is 3. The second-order valence-corrected chi connectivity index (χ2v) is 12.2. The van der Waals surface area contributed by atoms with E-state index in [0.29, 0.717) is 39.9 Å². The first kappa shape index (κ1) is 31.1. The van der Waals surface area contributed by atoms with E-state index in [4.69, 9.17) is 27.9 Å². The molecule has 1 saturated heterocycles. The summed E-state index contributed by atoms with van der Waals surface area (Å²) in [6.07, 6.45) is -1.62. The van der Waals surface area contributed by atoms with Gasteiger partial charge in [0, 0.05) is 24.8 Å². The third-order valence-electron chi connectivity index (χ3n) is 7.21. The number of benzene rings is 2. The Morgan fingerprint density at radius 2 is 1.98 bits per heavy atom. The lowest BCUT2D eigenvalue weighted by atomic mass is 10.2. The van der Waals surface area contributed by atoms with Crippen LogP contribution in [0.25, 0.3) is 10.2 Å². The van der Waals surface area contributed by atoms with Gasteiger partial charge in [-0.3, -0.25) is 9.58 Å². The molecule has 3 aromatic heterocycles. The smallest absolute Gasteiger partial charge is 0.435 e. The number of fused-ring (bicyclic) bond motifs is 1. The van der Waals surface area contributed by atoms with Crippen LogP contribution in [0, 0.1) is 17.7 Å². The average Bonchev–Trinajstić information content (AvgIpc) is 3.70. The van der Waals surface area contributed by atoms with E-state index < -0.39 is 11.9 Å². The van der Waals surface area contributed by atoms with E-state index in [1.54, 1.807) is 30.3 Å². The predicted octanol–water partition coefficient (Wildman–Crippen LogP) is 8.23. The summed E-state index contributed by atoms with van der Waals surface area (Å²) in [5, 5.41) is 7.20. The van der Waals surface area contributed by atoms with E-state index >= 15 is 0 Å². The molecule has 7 nitrogen and oxygen atoms in total. The zero-order valence-electron chi connectivity index (χ0n) is 23.6. The van der Waals surface area contributed by atoms with Crippen LogP contribution < -0.4 is 10.1 Å². The lowest BCUT2D eigenvalue weighted by molar-refractivity contribution is -0.142. The van der Waals surface area contributed by atoms with Gasteiger partial charge in [0.05, 0.1) is 26.2 Å². The first-order chi connectivity index (χ1) is 21.5. The molecule has 1 atom stereocenters. The van der Waals surface area contributed by atoms with E-state index in [1.807, 2.05) is 11.0 Å². The number of rotatable bonds is 7. The second-order valence-electron chi connectivity index (χ2n) is 10.4. The van der Waals surface area contributed by atoms with Gasteiger partial charge in [0.2, 0.25) is 0 Å². The van der Waals surface area contributed by atoms with E-state index in [9.17, 15) is 17.6 Å². The molecule has 0 amide bonds. The van der Waals surface area contributed by atoms with Crippen LogP contribution in [-0.4, -0.2) is 37.2 Å². The Labute approximate surface area is 269 Å². The number of nitrogens with one attached hydrogen (secondary N) is 1. The molecular formula is C31H24Cl2F4N6OS. The molecule has 1 fully saturated rings. The molecule has 5 aromatic rings. The molecule has 0 unspecified atom stereocenters. The second kappa shape index (κ2) is 12.8. The van der Waals surface area contributed by atoms with Gasteiger partial charge in [0.15, 0.2) is 11.5 Å². The molecular weight excluding hydrogens is 651 g/mol. The van der Waals surface area contributed by atoms with Crippen molar-refractivity contribution in [1.29, 1.82) is 0 Å². The molecule has 45 heavy (non-hydrogen) atoms. The number of likely N-dealkylation sites (tertiary alicyclic amines) is 1. The van der Waals surface area contributed by atoms with Crippen molar-refractivity contribution in [2.24, 2.45) is 7.05 Å². The van der Waals surface area contributed by atoms with Crippen molar-refractivity contribution in [3.8, 4) is 17.6 Å². The molecule has 2 aromatic carbocycles. The topological polar surface area (TPSA) is 68.1 Å². The Morgan fingerprint density at radius 3 is 2.76 bits per heavy atom. The van der Waals surface area contributed by atoms with Crippen molar-refractivity contribution in [3.63, 3.8) is 0 Å². The SMILES string of the molecule is Cn1nc(C(F)(F)F)c(CN2CCC[C@@H]2C#Cc2cc3ncnc(Nc4ccc(OCc5cccc(F)c5)c(Cl)c4)c3s2)c1Cl. The normalized spacial score (nSPS) is 15.3. The number of hydrogen-bond acceptors (Lipinski definition) is 7. The molecule has 232 valence electrons. The fourth-order valence-corrected chi connectivity index (χ4v) is 6.42. The summed E-state index contributed by atoms with van der Waals surface area (Å²) >= 11 is 14.1. The van der Waals surface area contributed by atoms with Gasteiger partial charge in [-0.15, -0.1) is 11.3 Å². The maximum atomic E-state index is 13.6. The third-order valence-corrected chi connectivity index (χ3v) is 9.03. The fourth-order valence-electron chi connectivity index (χ4n) is 5.08. The summed E-state index contributed by atoms with van der Waals surface area (Å²) in [7, 11) is 1.39. The quantitative estimate of drug-likeness (QED) is 0.139. The van der Waals surface area contributed by atoms with E-state index in [0.717, 1.165) is 27.1 Å². The number of hydrogen-bond donors (Lipinski definition) is 1. The highest BCUT2D eigenvalue weighted by Gasteiger charge is 2.39. The Kier molecular flexibility index (Phi) is 8.88. The monoisotopic (exact) mass is 674 g/mol. The number of thiophene rings is 1. The summed E-state index contributed by atoms with van der Waals surface area (Å²) in [6, 6.07) is 13.0. The minimum Gasteiger partial charge on any atom is -0.487 e. The summed E-state index contributed by atoms with van der Waals surface area (Å²) < 4.78 is 61.8. The molecule has 0 aliphatic carbocycles. The molecule has 0 bridgehead atoms. The minimum atomic E-state index is -4.60. The Hall–Kier alpha value is -3.89. The standard InChI is InChI=1S/C31H24Cl2F4N6OS/c1-42-29(33)23(28(41-42)31(35,36)37)15-43-11-3-6-21(43)8-9-22-14-25-27(45-22)30(39-17-38-25)40-20-7-10-26(24(32)13-20)44-16-18-4-2-5-19(34)12-18/h2,4-5,7,10,12-14,17,21H,3,6,11,15-16H2,1H3,(H,38,39,40)/t21-/m1/s1. The lowest BCUT2D eigenvalue weighted by Crippen LogP contribution is -2.28. The largest absolute Gasteiger partial charge is 0.487 e. The van der Waals surface area contributed by atoms with Crippen molar-refractivity contribution < 1.29 is 22.3 Å². The highest BCUT2D eigenvalue weighted by molar-refractivity contribution is 7.20. The summed E-state index contributed by atoms with van der Waals surface area (Å²) in [6.45, 7) is 0.773. The van der Waals surface area contributed by atoms with Gasteiger partial charge in [0.25, 0.3) is 0 Å². The number of nitrogens with zero attached hydrogens (tertiary/aromatic N) is 5. The van der Waals surface area contributed by atoms with Gasteiger partial charge in [-0.25, -0.2) is 14.4 Å². The van der Waals surface area contributed by atoms with Gasteiger partial charge in [-0.05, 0) is 61.3 Å². The van der Waals surface area contributed by atoms with E-state index in [-0.39, 0.29) is 35.7 Å². The van der Waals surface area contributed by atoms with Gasteiger partial charge in [-0.1, -0.05) is 47.2 Å². The van der Waals surface area contributed by atoms with Crippen molar-refractivity contribution in [2.75, 3.05) is 11.9 Å². The summed E-state index contributed by atoms with van der Waals surface area (Å²) in [5.41, 5.74) is 1.04. The van der Waals surface area contributed by atoms with Crippen LogP contribution in [0.2, 0.25) is 10.2 Å². The molecule has 1 N–H and O–H groups in total. The Morgan fingerprint density at radius 1 is 1.13 bits per heavy atom. The number of aromatic nitrogens is 4. The van der Waals surface area contributed by atoms with Crippen molar-refractivity contribution in [3.05, 3.63) is 92.5 Å². The molecule has 1 aliphatic rings. The fraction of sp³-hybridized carbons (Fsp3) is 0.258. The number of aryl methyl sites for hydroxylation is 1. The zero-order chi connectivity index (χ0) is 31.7. The number of ether oxygens (including phenoxy) is 1. The number of halogens is 6. The maximum Gasteiger partial charge on any atom is 0.435 e. The van der Waals surface area contributed by atoms with Crippen LogP contribution in [0.3, 0.4) is 0 Å². The molecule has 0 spiro atoms. The highest BCUT2D eigenvalue weighted by atomic mass is 35.5. The van der Waals surface area contributed by atoms with Gasteiger partial charge in [-0.2, -0.15) is 18.3 Å². The Balaban J connectivity index is 1.16. The minimum absolute atomic E-state index is 0.00399. The van der Waals surface area contributed by atoms with Gasteiger partial charge in [0.1, 0.15) is 29.7 Å². The molecule has 14 heteroatoms. The summed E-state index contributed by atoms with van der Waals surface area (Å²) in [5.74, 6) is 7.11. The maximum absolute atomic E-state index is 13.6. The van der Waals surface area contributed by atoms with Crippen LogP contribution in [-0.2, 0) is 26.4 Å². The summed E-state index contributed by atoms with van der Waals surface area (Å²) in [4.78, 5) is 11.4. The van der Waals surface area contributed by atoms with Crippen molar-refractivity contribution >= 4 is 56.3 Å². The Bertz CT molecular complexity index is 1930. The van der Waals surface area contributed by atoms with Crippen LogP contribution >= 0.6 is 34.5 Å². The van der Waals surface area contributed by atoms with Crippen LogP contribution in [0.1, 0.15) is 34.5 Å². The van der Waals surface area contributed by atoms with Crippen molar-refractivity contribution in [2.45, 2.75) is 38.2 Å². The van der Waals surface area contributed by atoms with Gasteiger partial charge < -0.3 is 10.1 Å². The lowest BCUT2D eigenvalue weighted by Gasteiger charge is -2.20. The van der Waals surface area contributed by atoms with Crippen LogP contribution in [0.4, 0.5) is 29.1 Å². The third kappa shape index (κ3) is 7.02. The average molecular weight is 676 g/mol. The van der Waals surface area contributed by atoms with Gasteiger partial charge >= 0.3 is 6.18 Å². The first-order valence-electron chi connectivity index (χ1n) is 13.8. The molecule has 4 heterocycles. The molecule has 0 saturated carbocycles. The predicted molar refractivity (Wildman–Crippen MR) is 166 cm³/mol. The van der Waals surface area contributed by atoms with E-state index in [1.165, 1.54) is 36.8 Å². The van der Waals surface area contributed by atoms with Crippen LogP contribution in [0.15, 0.2) is 54.9 Å². The zero-order valence-corrected chi connectivity index (χ0v) is 26.0. The van der Waals surface area contributed by atoms with E-state index in [2.05, 4.69) is 32.2 Å². The first-order valence-corrected chi connectivity index (χ1v) is 15.3. The number of anilines is 2. The van der Waals surface area contributed by atoms with Crippen molar-refractivity contribution in [1.82, 2.24) is 24.6 Å². The molecule has 6 rings (SSSR count).